The number of thiazole rings is 1. The number of benzene rings is 1. The Morgan fingerprint density at radius 3 is 2.67 bits per heavy atom. The Morgan fingerprint density at radius 2 is 2.07 bits per heavy atom. The van der Waals surface area contributed by atoms with Crippen molar-refractivity contribution in [1.82, 2.24) is 15.6 Å². The smallest absolute Gasteiger partial charge is 0.406 e. The van der Waals surface area contributed by atoms with Crippen LogP contribution in [0.1, 0.15) is 33.6 Å². The van der Waals surface area contributed by atoms with Crippen LogP contribution < -0.4 is 20.3 Å². The zero-order valence-corrected chi connectivity index (χ0v) is 17.6. The van der Waals surface area contributed by atoms with Crippen molar-refractivity contribution in [2.45, 2.75) is 51.6 Å². The Morgan fingerprint density at radius 1 is 1.33 bits per heavy atom. The zero-order chi connectivity index (χ0) is 22.1. The van der Waals surface area contributed by atoms with Gasteiger partial charge < -0.3 is 15.4 Å². The van der Waals surface area contributed by atoms with E-state index in [2.05, 4.69) is 20.4 Å². The minimum absolute atomic E-state index is 0.0830. The number of fused-ring (bicyclic) bond motifs is 1. The van der Waals surface area contributed by atoms with E-state index in [0.29, 0.717) is 23.2 Å². The molecule has 3 rings (SSSR count). The second-order valence-corrected chi connectivity index (χ2v) is 9.00. The molecule has 0 radical (unpaired) electrons. The number of hydrogen-bond acceptors (Lipinski definition) is 7. The second-order valence-electron chi connectivity index (χ2n) is 7.99. The third-order valence-corrected chi connectivity index (χ3v) is 5.37. The van der Waals surface area contributed by atoms with E-state index in [9.17, 15) is 22.8 Å². The van der Waals surface area contributed by atoms with Crippen molar-refractivity contribution >= 4 is 38.5 Å². The van der Waals surface area contributed by atoms with Crippen molar-refractivity contribution in [1.29, 1.82) is 0 Å². The number of carbonyl (C=O) groups is 2. The number of rotatable bonds is 5. The number of ether oxygens (including phenoxy) is 1. The van der Waals surface area contributed by atoms with E-state index in [1.807, 2.05) is 20.8 Å². The number of carbonyl (C=O) groups excluding carboxylic acids is 2. The molecule has 164 valence electrons. The first-order valence-electron chi connectivity index (χ1n) is 9.44. The van der Waals surface area contributed by atoms with Crippen LogP contribution in [0.3, 0.4) is 0 Å². The van der Waals surface area contributed by atoms with Gasteiger partial charge >= 0.3 is 6.36 Å². The summed E-state index contributed by atoms with van der Waals surface area (Å²) in [5.41, 5.74) is 0.0335. The molecule has 0 unspecified atom stereocenters. The number of aromatic nitrogens is 1. The summed E-state index contributed by atoms with van der Waals surface area (Å²) in [6, 6.07) is 3.20. The first-order valence-corrected chi connectivity index (χ1v) is 10.3. The average Bonchev–Trinajstić information content (AvgIpc) is 3.27. The number of hydrogen-bond donors (Lipinski definition) is 2. The molecule has 2 aromatic rings. The summed E-state index contributed by atoms with van der Waals surface area (Å²) in [4.78, 5) is 31.3. The van der Waals surface area contributed by atoms with Crippen molar-refractivity contribution < 1.29 is 27.5 Å². The summed E-state index contributed by atoms with van der Waals surface area (Å²) < 4.78 is 41.8. The first kappa shape index (κ1) is 22.4. The van der Waals surface area contributed by atoms with Gasteiger partial charge in [-0.15, -0.1) is 13.2 Å². The van der Waals surface area contributed by atoms with Crippen LogP contribution in [-0.2, 0) is 9.59 Å². The third kappa shape index (κ3) is 5.67. The van der Waals surface area contributed by atoms with Gasteiger partial charge in [-0.25, -0.2) is 9.88 Å². The molecule has 0 bridgehead atoms. The normalized spacial score (nSPS) is 17.3. The maximum atomic E-state index is 13.1. The zero-order valence-electron chi connectivity index (χ0n) is 16.8. The van der Waals surface area contributed by atoms with Crippen molar-refractivity contribution in [2.24, 2.45) is 0 Å². The van der Waals surface area contributed by atoms with Gasteiger partial charge in [-0.2, -0.15) is 0 Å². The Balaban J connectivity index is 1.92. The van der Waals surface area contributed by atoms with Crippen molar-refractivity contribution in [3.05, 3.63) is 18.2 Å². The highest BCUT2D eigenvalue weighted by Crippen LogP contribution is 2.34. The summed E-state index contributed by atoms with van der Waals surface area (Å²) in [5.74, 6) is -1.28. The van der Waals surface area contributed by atoms with Gasteiger partial charge in [0.05, 0.1) is 22.8 Å². The lowest BCUT2D eigenvalue weighted by Crippen LogP contribution is -2.51. The molecule has 0 aliphatic carbocycles. The fourth-order valence-corrected chi connectivity index (χ4v) is 4.00. The minimum atomic E-state index is -4.81. The number of imide groups is 1. The molecule has 30 heavy (non-hydrogen) atoms. The van der Waals surface area contributed by atoms with Crippen LogP contribution >= 0.6 is 11.3 Å². The number of nitrogens with zero attached hydrogens (tertiary/aromatic N) is 2. The molecule has 1 aliphatic heterocycles. The van der Waals surface area contributed by atoms with Crippen molar-refractivity contribution in [3.8, 4) is 5.75 Å². The summed E-state index contributed by atoms with van der Waals surface area (Å²) in [6.45, 7) is 6.28. The summed E-state index contributed by atoms with van der Waals surface area (Å²) in [6.07, 6.45) is -3.40. The fourth-order valence-electron chi connectivity index (χ4n) is 2.98. The van der Waals surface area contributed by atoms with Gasteiger partial charge in [-0.05, 0) is 52.3 Å². The van der Waals surface area contributed by atoms with Gasteiger partial charge in [0, 0.05) is 11.6 Å². The maximum absolute atomic E-state index is 13.1. The minimum Gasteiger partial charge on any atom is -0.406 e. The predicted octanol–water partition coefficient (Wildman–Crippen LogP) is 3.19. The van der Waals surface area contributed by atoms with Gasteiger partial charge in [0.1, 0.15) is 5.75 Å². The van der Waals surface area contributed by atoms with Gasteiger partial charge in [0.25, 0.3) is 5.91 Å². The Labute approximate surface area is 175 Å². The quantitative estimate of drug-likeness (QED) is 0.737. The highest BCUT2D eigenvalue weighted by molar-refractivity contribution is 7.22. The molecule has 0 spiro atoms. The third-order valence-electron chi connectivity index (χ3n) is 4.37. The average molecular weight is 444 g/mol. The topological polar surface area (TPSA) is 83.6 Å². The molecular formula is C19H23F3N4O3S. The van der Waals surface area contributed by atoms with E-state index in [-0.39, 0.29) is 23.0 Å². The Bertz CT molecular complexity index is 933. The lowest BCUT2D eigenvalue weighted by atomic mass is 10.1. The highest BCUT2D eigenvalue weighted by Gasteiger charge is 2.34. The lowest BCUT2D eigenvalue weighted by molar-refractivity contribution is -0.274. The monoisotopic (exact) mass is 444 g/mol. The standard InChI is InChI=1S/C19H23F3N4O3S/c1-18(2,3)24-10-15(27)26(16(28)13-5-4-8-23-13)17-25-12-7-6-11(9-14(12)30-17)29-19(20,21)22/h6-7,9,13,23-24H,4-5,8,10H2,1-3H3/t13-/m1/s1. The summed E-state index contributed by atoms with van der Waals surface area (Å²) >= 11 is 0.965. The molecule has 11 heteroatoms. The molecular weight excluding hydrogens is 421 g/mol. The van der Waals surface area contributed by atoms with E-state index in [0.717, 1.165) is 28.7 Å². The van der Waals surface area contributed by atoms with E-state index in [1.54, 1.807) is 0 Å². The van der Waals surface area contributed by atoms with E-state index >= 15 is 0 Å². The summed E-state index contributed by atoms with van der Waals surface area (Å²) in [5, 5.41) is 6.24. The molecule has 2 N–H and O–H groups in total. The SMILES string of the molecule is CC(C)(C)NCC(=O)N(C(=O)[C@H]1CCCN1)c1nc2ccc(OC(F)(F)F)cc2s1. The van der Waals surface area contributed by atoms with Crippen LogP contribution in [0, 0.1) is 0 Å². The number of alkyl halides is 3. The molecule has 1 fully saturated rings. The first-order chi connectivity index (χ1) is 13.9. The number of nitrogens with one attached hydrogen (secondary N) is 2. The lowest BCUT2D eigenvalue weighted by Gasteiger charge is -2.25. The molecule has 0 saturated carbocycles. The van der Waals surface area contributed by atoms with Gasteiger partial charge in [-0.3, -0.25) is 9.59 Å². The number of anilines is 1. The van der Waals surface area contributed by atoms with Crippen LogP contribution in [0.4, 0.5) is 18.3 Å². The molecule has 2 heterocycles. The number of halogens is 3. The van der Waals surface area contributed by atoms with E-state index in [1.165, 1.54) is 12.1 Å². The van der Waals surface area contributed by atoms with Crippen LogP contribution in [0.25, 0.3) is 10.2 Å². The molecule has 1 aromatic heterocycles. The van der Waals surface area contributed by atoms with E-state index < -0.39 is 24.2 Å². The van der Waals surface area contributed by atoms with Crippen LogP contribution in [0.5, 0.6) is 5.75 Å². The van der Waals surface area contributed by atoms with Gasteiger partial charge in [0.2, 0.25) is 5.91 Å². The largest absolute Gasteiger partial charge is 0.573 e. The molecule has 2 amide bonds. The molecule has 7 nitrogen and oxygen atoms in total. The van der Waals surface area contributed by atoms with E-state index in [4.69, 9.17) is 0 Å². The Kier molecular flexibility index (Phi) is 6.34. The van der Waals surface area contributed by atoms with Crippen LogP contribution in [0.15, 0.2) is 18.2 Å². The van der Waals surface area contributed by atoms with Crippen molar-refractivity contribution in [2.75, 3.05) is 18.0 Å². The Hall–Kier alpha value is -2.24. The van der Waals surface area contributed by atoms with Gasteiger partial charge in [0.15, 0.2) is 5.13 Å². The fraction of sp³-hybridized carbons (Fsp3) is 0.526. The number of amides is 2. The second kappa shape index (κ2) is 8.48. The highest BCUT2D eigenvalue weighted by atomic mass is 32.1. The van der Waals surface area contributed by atoms with Crippen LogP contribution in [0.2, 0.25) is 0 Å². The summed E-state index contributed by atoms with van der Waals surface area (Å²) in [7, 11) is 0. The molecule has 1 aliphatic rings. The predicted molar refractivity (Wildman–Crippen MR) is 108 cm³/mol. The van der Waals surface area contributed by atoms with Crippen LogP contribution in [-0.4, -0.2) is 47.8 Å². The maximum Gasteiger partial charge on any atom is 0.573 e. The van der Waals surface area contributed by atoms with Crippen molar-refractivity contribution in [3.63, 3.8) is 0 Å². The molecule has 1 atom stereocenters. The molecule has 1 aromatic carbocycles. The molecule has 1 saturated heterocycles. The van der Waals surface area contributed by atoms with Gasteiger partial charge in [-0.1, -0.05) is 11.3 Å².